The average molecular weight is 1360 g/mol. The van der Waals surface area contributed by atoms with Gasteiger partial charge in [-0.3, -0.25) is 0 Å². The number of benzene rings is 16. The maximum Gasteiger partial charge on any atom is 0.164 e. The molecule has 5 heterocycles. The molecule has 0 N–H and O–H groups in total. The Hall–Kier alpha value is -13.9. The zero-order valence-corrected chi connectivity index (χ0v) is 57.2. The minimum Gasteiger partial charge on any atom is -0.456 e. The maximum absolute atomic E-state index is 6.75. The zero-order valence-electron chi connectivity index (χ0n) is 56.4. The fraction of sp³-hybridized carbons (Fsp3) is 0. The van der Waals surface area contributed by atoms with Gasteiger partial charge in [0.2, 0.25) is 0 Å². The van der Waals surface area contributed by atoms with Crippen LogP contribution in [0.1, 0.15) is 0 Å². The molecule has 0 bridgehead atoms. The Balaban J connectivity index is 0.000000140. The number of furan rings is 2. The van der Waals surface area contributed by atoms with Gasteiger partial charge in [0.15, 0.2) is 34.9 Å². The molecule has 5 aromatic heterocycles. The van der Waals surface area contributed by atoms with Gasteiger partial charge in [-0.05, 0) is 103 Å². The van der Waals surface area contributed by atoms with Gasteiger partial charge in [-0.25, -0.2) is 29.9 Å². The minimum atomic E-state index is 0.606. The second kappa shape index (κ2) is 25.6. The second-order valence-electron chi connectivity index (χ2n) is 26.3. The van der Waals surface area contributed by atoms with Gasteiger partial charge >= 0.3 is 0 Å². The first-order valence-corrected chi connectivity index (χ1v) is 36.0. The van der Waals surface area contributed by atoms with E-state index in [0.717, 1.165) is 121 Å². The van der Waals surface area contributed by atoms with Crippen molar-refractivity contribution in [2.45, 2.75) is 0 Å². The molecule has 21 aromatic rings. The third-order valence-corrected chi connectivity index (χ3v) is 21.2. The van der Waals surface area contributed by atoms with Crippen LogP contribution in [0.15, 0.2) is 361 Å². The summed E-state index contributed by atoms with van der Waals surface area (Å²) in [7, 11) is 0. The summed E-state index contributed by atoms with van der Waals surface area (Å²) in [6, 6.07) is 122. The number of aromatic nitrogens is 6. The van der Waals surface area contributed by atoms with Crippen molar-refractivity contribution in [3.05, 3.63) is 352 Å². The first-order chi connectivity index (χ1) is 52.1. The summed E-state index contributed by atoms with van der Waals surface area (Å²) in [4.78, 5) is 29.9. The van der Waals surface area contributed by atoms with E-state index in [1.165, 1.54) is 53.0 Å². The fourth-order valence-corrected chi connectivity index (χ4v) is 16.5. The Morgan fingerprint density at radius 1 is 0.210 bits per heavy atom. The van der Waals surface area contributed by atoms with E-state index in [4.69, 9.17) is 38.7 Å². The van der Waals surface area contributed by atoms with Crippen molar-refractivity contribution in [1.82, 2.24) is 29.9 Å². The van der Waals surface area contributed by atoms with Gasteiger partial charge in [0.05, 0.1) is 0 Å². The van der Waals surface area contributed by atoms with Crippen LogP contribution in [0.5, 0.6) is 0 Å². The molecule has 21 rings (SSSR count). The summed E-state index contributed by atoms with van der Waals surface area (Å²) >= 11 is 1.87. The van der Waals surface area contributed by atoms with Crippen LogP contribution in [0.2, 0.25) is 0 Å². The lowest BCUT2D eigenvalue weighted by atomic mass is 9.87. The molecule has 0 fully saturated rings. The highest BCUT2D eigenvalue weighted by atomic mass is 32.1. The number of thiophene rings is 1. The van der Waals surface area contributed by atoms with Crippen molar-refractivity contribution in [3.8, 4) is 113 Å². The Morgan fingerprint density at radius 3 is 1.16 bits per heavy atom. The Morgan fingerprint density at radius 2 is 0.600 bits per heavy atom. The number of fused-ring (bicyclic) bond motifs is 12. The van der Waals surface area contributed by atoms with Crippen molar-refractivity contribution < 1.29 is 8.83 Å². The van der Waals surface area contributed by atoms with Gasteiger partial charge in [-0.2, -0.15) is 0 Å². The average Bonchev–Trinajstić information content (AvgIpc) is 1.64. The smallest absolute Gasteiger partial charge is 0.164 e. The van der Waals surface area contributed by atoms with E-state index in [2.05, 4.69) is 212 Å². The number of para-hydroxylation sites is 1. The predicted octanol–water partition coefficient (Wildman–Crippen LogP) is 26.0. The first-order valence-electron chi connectivity index (χ1n) is 35.1. The van der Waals surface area contributed by atoms with Gasteiger partial charge < -0.3 is 8.83 Å². The first kappa shape index (κ1) is 61.0. The lowest BCUT2D eigenvalue weighted by Gasteiger charge is -2.15. The highest BCUT2D eigenvalue weighted by molar-refractivity contribution is 7.26. The molecule has 490 valence electrons. The van der Waals surface area contributed by atoms with Crippen molar-refractivity contribution >= 4 is 108 Å². The summed E-state index contributed by atoms with van der Waals surface area (Å²) in [5.41, 5.74) is 18.4. The summed E-state index contributed by atoms with van der Waals surface area (Å²) in [6.07, 6.45) is 0. The van der Waals surface area contributed by atoms with E-state index in [0.29, 0.717) is 34.9 Å². The summed E-state index contributed by atoms with van der Waals surface area (Å²) in [6.45, 7) is 0. The number of nitrogens with zero attached hydrogens (tertiary/aromatic N) is 6. The minimum absolute atomic E-state index is 0.606. The fourth-order valence-electron chi connectivity index (χ4n) is 15.2. The van der Waals surface area contributed by atoms with Crippen LogP contribution in [0, 0.1) is 0 Å². The molecule has 0 saturated heterocycles. The summed E-state index contributed by atoms with van der Waals surface area (Å²) in [5, 5.41) is 13.8. The molecule has 8 nitrogen and oxygen atoms in total. The molecule has 0 aliphatic carbocycles. The van der Waals surface area contributed by atoms with E-state index in [-0.39, 0.29) is 0 Å². The van der Waals surface area contributed by atoms with Crippen LogP contribution < -0.4 is 0 Å². The van der Waals surface area contributed by atoms with Crippen LogP contribution in [0.4, 0.5) is 0 Å². The van der Waals surface area contributed by atoms with E-state index in [1.54, 1.807) is 0 Å². The second-order valence-corrected chi connectivity index (χ2v) is 27.3. The molecule has 0 aliphatic rings. The third kappa shape index (κ3) is 10.8. The molecule has 105 heavy (non-hydrogen) atoms. The standard InChI is InChI=1S/C49H29N3OS.C47H29N3O/c1-4-15-30(16-5-1)43-35-22-11-10-21-34(35)42(45-37-23-12-13-26-41(37)54-46(43)45)33-27-28-36-40(29-33)53-39-25-14-24-38(44(36)39)49-51-47(31-17-6-2-7-18-31)50-48(52-49)32-19-8-3-9-20-32;1-4-14-31(15-5-1)42-38-21-11-10-20-37(38)41(43-39-22-12-13-23-40(39)51-44(42)43)34-26-24-30-25-27-35(29-36(30)28-34)47-49-45(32-16-6-2-7-17-32)48-46(50-47)33-18-8-3-9-19-33/h1-29H;1-29H. The van der Waals surface area contributed by atoms with Crippen LogP contribution >= 0.6 is 11.3 Å². The maximum atomic E-state index is 6.75. The molecular formula is C96H58N6O2S. The Bertz CT molecular complexity index is 6830. The van der Waals surface area contributed by atoms with Gasteiger partial charge in [0, 0.05) is 91.8 Å². The summed E-state index contributed by atoms with van der Waals surface area (Å²) < 4.78 is 16.0. The van der Waals surface area contributed by atoms with Crippen LogP contribution in [-0.4, -0.2) is 29.9 Å². The van der Waals surface area contributed by atoms with E-state index >= 15 is 0 Å². The van der Waals surface area contributed by atoms with Gasteiger partial charge in [-0.15, -0.1) is 11.3 Å². The Labute approximate surface area is 607 Å². The normalized spacial score (nSPS) is 11.6. The molecule has 0 amide bonds. The molecule has 0 saturated carbocycles. The van der Waals surface area contributed by atoms with Gasteiger partial charge in [0.1, 0.15) is 22.3 Å². The van der Waals surface area contributed by atoms with Crippen LogP contribution in [-0.2, 0) is 0 Å². The van der Waals surface area contributed by atoms with E-state index < -0.39 is 0 Å². The zero-order chi connectivity index (χ0) is 69.3. The molecule has 16 aromatic carbocycles. The van der Waals surface area contributed by atoms with Crippen LogP contribution in [0.25, 0.3) is 209 Å². The number of rotatable bonds is 10. The van der Waals surface area contributed by atoms with Crippen molar-refractivity contribution in [2.24, 2.45) is 0 Å². The molecule has 0 aliphatic heterocycles. The highest BCUT2D eigenvalue weighted by Crippen LogP contribution is 2.52. The molecular weight excluding hydrogens is 1300 g/mol. The number of hydrogen-bond acceptors (Lipinski definition) is 9. The molecule has 0 unspecified atom stereocenters. The van der Waals surface area contributed by atoms with Crippen molar-refractivity contribution in [2.75, 3.05) is 0 Å². The summed E-state index contributed by atoms with van der Waals surface area (Å²) in [5.74, 6) is 3.79. The van der Waals surface area contributed by atoms with E-state index in [1.807, 2.05) is 151 Å². The Kier molecular flexibility index (Phi) is 14.9. The monoisotopic (exact) mass is 1360 g/mol. The molecule has 9 heteroatoms. The lowest BCUT2D eigenvalue weighted by Crippen LogP contribution is -2.00. The van der Waals surface area contributed by atoms with Crippen molar-refractivity contribution in [1.29, 1.82) is 0 Å². The molecule has 0 spiro atoms. The SMILES string of the molecule is c1ccc(-c2nc(-c3ccccc3)nc(-c3ccc4ccc(-c5c6ccccc6c(-c6ccccc6)c6oc7ccccc7c56)cc4c3)n2)cc1.c1ccc(-c2nc(-c3ccccc3)nc(-c3cccc4oc5cc(-c6c7ccccc7c(-c7ccccc7)c7sc8ccccc8c67)ccc5c34)n2)cc1. The van der Waals surface area contributed by atoms with Crippen LogP contribution in [0.3, 0.4) is 0 Å². The quantitative estimate of drug-likeness (QED) is 0.133. The highest BCUT2D eigenvalue weighted by Gasteiger charge is 2.26. The van der Waals surface area contributed by atoms with Gasteiger partial charge in [0.25, 0.3) is 0 Å². The predicted molar refractivity (Wildman–Crippen MR) is 434 cm³/mol. The third-order valence-electron chi connectivity index (χ3n) is 20.0. The van der Waals surface area contributed by atoms with E-state index in [9.17, 15) is 0 Å². The lowest BCUT2D eigenvalue weighted by molar-refractivity contribution is 0.669. The largest absolute Gasteiger partial charge is 0.456 e. The number of hydrogen-bond donors (Lipinski definition) is 0. The topological polar surface area (TPSA) is 104 Å². The molecule has 0 atom stereocenters. The molecule has 0 radical (unpaired) electrons. The van der Waals surface area contributed by atoms with Crippen molar-refractivity contribution in [3.63, 3.8) is 0 Å². The van der Waals surface area contributed by atoms with Gasteiger partial charge in [-0.1, -0.05) is 309 Å².